The minimum atomic E-state index is 0.464. The van der Waals surface area contributed by atoms with Crippen LogP contribution < -0.4 is 5.73 Å². The lowest BCUT2D eigenvalue weighted by Crippen LogP contribution is -2.48. The summed E-state index contributed by atoms with van der Waals surface area (Å²) >= 11 is 1.67. The molecule has 2 N–H and O–H groups in total. The fourth-order valence-electron chi connectivity index (χ4n) is 3.04. The van der Waals surface area contributed by atoms with Gasteiger partial charge in [-0.05, 0) is 36.8 Å². The van der Waals surface area contributed by atoms with Gasteiger partial charge in [-0.15, -0.1) is 11.3 Å². The smallest absolute Gasteiger partial charge is 0.177 e. The lowest BCUT2D eigenvalue weighted by molar-refractivity contribution is 0.0966. The van der Waals surface area contributed by atoms with E-state index in [1.807, 2.05) is 11.4 Å². The fraction of sp³-hybridized carbons (Fsp3) is 0.533. The molecule has 3 rings (SSSR count). The van der Waals surface area contributed by atoms with Crippen LogP contribution in [-0.2, 0) is 6.54 Å². The Morgan fingerprint density at radius 3 is 3.20 bits per heavy atom. The lowest BCUT2D eigenvalue weighted by atomic mass is 9.91. The second-order valence-corrected chi connectivity index (χ2v) is 6.50. The van der Waals surface area contributed by atoms with Crippen LogP contribution in [0.4, 0.5) is 0 Å². The predicted molar refractivity (Wildman–Crippen MR) is 81.5 cm³/mol. The van der Waals surface area contributed by atoms with Crippen LogP contribution in [0, 0.1) is 5.92 Å². The minimum Gasteiger partial charge on any atom is -0.355 e. The number of piperidine rings is 1. The van der Waals surface area contributed by atoms with Crippen molar-refractivity contribution >= 4 is 11.3 Å². The van der Waals surface area contributed by atoms with Crippen molar-refractivity contribution in [3.63, 3.8) is 0 Å². The van der Waals surface area contributed by atoms with Gasteiger partial charge in [0.2, 0.25) is 0 Å². The summed E-state index contributed by atoms with van der Waals surface area (Å²) in [6, 6.07) is 6.60. The standard InChI is InChI=1S/C15H21N3OS/c1-11-4-2-6-18(13(11)9-16)10-12-8-14(19-17-12)15-5-3-7-20-15/h3,5,7-8,11,13H,2,4,6,9-10,16H2,1H3. The molecule has 2 aromatic heterocycles. The molecule has 1 saturated heterocycles. The molecule has 20 heavy (non-hydrogen) atoms. The number of thiophene rings is 1. The van der Waals surface area contributed by atoms with E-state index in [-0.39, 0.29) is 0 Å². The fourth-order valence-corrected chi connectivity index (χ4v) is 3.71. The molecule has 0 spiro atoms. The Morgan fingerprint density at radius 1 is 1.55 bits per heavy atom. The quantitative estimate of drug-likeness (QED) is 0.941. The highest BCUT2D eigenvalue weighted by atomic mass is 32.1. The molecule has 108 valence electrons. The third kappa shape index (κ3) is 2.80. The highest BCUT2D eigenvalue weighted by Crippen LogP contribution is 2.27. The van der Waals surface area contributed by atoms with Gasteiger partial charge in [-0.3, -0.25) is 4.90 Å². The molecular weight excluding hydrogens is 270 g/mol. The molecule has 3 heterocycles. The zero-order chi connectivity index (χ0) is 13.9. The van der Waals surface area contributed by atoms with Gasteiger partial charge in [0, 0.05) is 25.2 Å². The zero-order valence-corrected chi connectivity index (χ0v) is 12.6. The van der Waals surface area contributed by atoms with Crippen molar-refractivity contribution in [1.82, 2.24) is 10.1 Å². The Morgan fingerprint density at radius 2 is 2.45 bits per heavy atom. The third-order valence-electron chi connectivity index (χ3n) is 4.16. The predicted octanol–water partition coefficient (Wildman–Crippen LogP) is 2.96. The topological polar surface area (TPSA) is 55.3 Å². The third-order valence-corrected chi connectivity index (χ3v) is 5.04. The van der Waals surface area contributed by atoms with E-state index in [1.165, 1.54) is 12.8 Å². The largest absolute Gasteiger partial charge is 0.355 e. The number of rotatable bonds is 4. The molecule has 0 radical (unpaired) electrons. The lowest BCUT2D eigenvalue weighted by Gasteiger charge is -2.38. The van der Waals surface area contributed by atoms with Gasteiger partial charge in [-0.25, -0.2) is 0 Å². The Bertz CT molecular complexity index is 537. The van der Waals surface area contributed by atoms with E-state index in [2.05, 4.69) is 29.1 Å². The molecule has 0 saturated carbocycles. The maximum atomic E-state index is 5.94. The average molecular weight is 291 g/mol. The molecule has 1 aliphatic rings. The van der Waals surface area contributed by atoms with Crippen LogP contribution in [-0.4, -0.2) is 29.2 Å². The number of hydrogen-bond acceptors (Lipinski definition) is 5. The van der Waals surface area contributed by atoms with E-state index < -0.39 is 0 Å². The summed E-state index contributed by atoms with van der Waals surface area (Å²) in [5, 5.41) is 6.26. The van der Waals surface area contributed by atoms with Crippen molar-refractivity contribution in [3.8, 4) is 10.6 Å². The summed E-state index contributed by atoms with van der Waals surface area (Å²) in [6.45, 7) is 4.95. The molecule has 2 aromatic rings. The Labute approximate surface area is 123 Å². The van der Waals surface area contributed by atoms with Gasteiger partial charge >= 0.3 is 0 Å². The summed E-state index contributed by atoms with van der Waals surface area (Å²) < 4.78 is 5.45. The van der Waals surface area contributed by atoms with Crippen molar-refractivity contribution in [3.05, 3.63) is 29.3 Å². The SMILES string of the molecule is CC1CCCN(Cc2cc(-c3cccs3)on2)C1CN. The summed E-state index contributed by atoms with van der Waals surface area (Å²) in [5.41, 5.74) is 6.94. The molecule has 1 fully saturated rings. The first kappa shape index (κ1) is 13.8. The Balaban J connectivity index is 1.71. The number of aromatic nitrogens is 1. The molecule has 0 bridgehead atoms. The zero-order valence-electron chi connectivity index (χ0n) is 11.8. The second kappa shape index (κ2) is 6.08. The normalized spacial score (nSPS) is 24.1. The van der Waals surface area contributed by atoms with Gasteiger partial charge in [-0.1, -0.05) is 18.1 Å². The number of likely N-dealkylation sites (tertiary alicyclic amines) is 1. The van der Waals surface area contributed by atoms with E-state index in [9.17, 15) is 0 Å². The number of nitrogens with zero attached hydrogens (tertiary/aromatic N) is 2. The summed E-state index contributed by atoms with van der Waals surface area (Å²) in [6.07, 6.45) is 2.52. The molecule has 0 amide bonds. The first-order chi connectivity index (χ1) is 9.78. The van der Waals surface area contributed by atoms with Crippen molar-refractivity contribution in [2.75, 3.05) is 13.1 Å². The molecule has 2 unspecified atom stereocenters. The van der Waals surface area contributed by atoms with Crippen molar-refractivity contribution in [2.24, 2.45) is 11.7 Å². The summed E-state index contributed by atoms with van der Waals surface area (Å²) in [7, 11) is 0. The highest BCUT2D eigenvalue weighted by molar-refractivity contribution is 7.13. The minimum absolute atomic E-state index is 0.464. The first-order valence-electron chi connectivity index (χ1n) is 7.21. The van der Waals surface area contributed by atoms with Crippen LogP contribution in [0.1, 0.15) is 25.5 Å². The maximum absolute atomic E-state index is 5.94. The summed E-state index contributed by atoms with van der Waals surface area (Å²) in [4.78, 5) is 3.58. The van der Waals surface area contributed by atoms with Gasteiger partial charge in [0.15, 0.2) is 5.76 Å². The van der Waals surface area contributed by atoms with Gasteiger partial charge in [0.1, 0.15) is 0 Å². The highest BCUT2D eigenvalue weighted by Gasteiger charge is 2.27. The van der Waals surface area contributed by atoms with Crippen molar-refractivity contribution in [1.29, 1.82) is 0 Å². The molecule has 0 aromatic carbocycles. The molecule has 1 aliphatic heterocycles. The van der Waals surface area contributed by atoms with Gasteiger partial charge in [0.05, 0.1) is 10.6 Å². The second-order valence-electron chi connectivity index (χ2n) is 5.55. The van der Waals surface area contributed by atoms with Crippen molar-refractivity contribution < 1.29 is 4.52 Å². The Kier molecular flexibility index (Phi) is 4.19. The summed E-state index contributed by atoms with van der Waals surface area (Å²) in [5.74, 6) is 1.53. The van der Waals surface area contributed by atoms with Crippen LogP contribution in [0.25, 0.3) is 10.6 Å². The van der Waals surface area contributed by atoms with Crippen LogP contribution in [0.5, 0.6) is 0 Å². The van der Waals surface area contributed by atoms with E-state index in [4.69, 9.17) is 10.3 Å². The first-order valence-corrected chi connectivity index (χ1v) is 8.09. The average Bonchev–Trinajstić information content (AvgIpc) is 3.09. The van der Waals surface area contributed by atoms with Crippen molar-refractivity contribution in [2.45, 2.75) is 32.4 Å². The maximum Gasteiger partial charge on any atom is 0.177 e. The molecule has 0 aliphatic carbocycles. The molecule has 4 nitrogen and oxygen atoms in total. The number of nitrogens with two attached hydrogens (primary N) is 1. The molecule has 5 heteroatoms. The number of hydrogen-bond donors (Lipinski definition) is 1. The molecule has 2 atom stereocenters. The monoisotopic (exact) mass is 291 g/mol. The Hall–Kier alpha value is -1.17. The van der Waals surface area contributed by atoms with Crippen LogP contribution in [0.2, 0.25) is 0 Å². The van der Waals surface area contributed by atoms with Crippen LogP contribution in [0.15, 0.2) is 28.1 Å². The van der Waals surface area contributed by atoms with Crippen LogP contribution >= 0.6 is 11.3 Å². The van der Waals surface area contributed by atoms with Gasteiger partial charge in [-0.2, -0.15) is 0 Å². The molecular formula is C15H21N3OS. The van der Waals surface area contributed by atoms with E-state index in [0.717, 1.165) is 36.0 Å². The van der Waals surface area contributed by atoms with E-state index in [1.54, 1.807) is 11.3 Å². The van der Waals surface area contributed by atoms with E-state index in [0.29, 0.717) is 12.0 Å². The van der Waals surface area contributed by atoms with Gasteiger partial charge in [0.25, 0.3) is 0 Å². The van der Waals surface area contributed by atoms with Crippen LogP contribution in [0.3, 0.4) is 0 Å². The van der Waals surface area contributed by atoms with Gasteiger partial charge < -0.3 is 10.3 Å². The van der Waals surface area contributed by atoms with E-state index >= 15 is 0 Å².